The summed E-state index contributed by atoms with van der Waals surface area (Å²) in [5.41, 5.74) is 8.10. The van der Waals surface area contributed by atoms with Crippen LogP contribution in [0.3, 0.4) is 0 Å². The molecule has 1 fully saturated rings. The molecule has 0 aromatic heterocycles. The summed E-state index contributed by atoms with van der Waals surface area (Å²) in [6.45, 7) is 4.56. The minimum atomic E-state index is -0.547. The lowest BCUT2D eigenvalue weighted by atomic mass is 10.0. The number of hydrogen-bond acceptors (Lipinski definition) is 4. The standard InChI is InChI=1S/C11H18N4O3/c1-8(2)9-7-18-11(17)15(9)10(16)5-3-4-6-13-14-12/h8-9H,3-7H2,1-2H3/t9-/m0/s1. The molecule has 0 radical (unpaired) electrons. The van der Waals surface area contributed by atoms with Crippen molar-refractivity contribution >= 4 is 12.0 Å². The minimum Gasteiger partial charge on any atom is -0.447 e. The van der Waals surface area contributed by atoms with E-state index in [0.717, 1.165) is 0 Å². The predicted molar refractivity (Wildman–Crippen MR) is 64.7 cm³/mol. The van der Waals surface area contributed by atoms with Crippen molar-refractivity contribution in [2.45, 2.75) is 39.2 Å². The smallest absolute Gasteiger partial charge is 0.416 e. The maximum atomic E-state index is 11.9. The lowest BCUT2D eigenvalue weighted by Crippen LogP contribution is -2.41. The Hall–Kier alpha value is -1.75. The van der Waals surface area contributed by atoms with Crippen LogP contribution >= 0.6 is 0 Å². The van der Waals surface area contributed by atoms with Gasteiger partial charge in [-0.15, -0.1) is 0 Å². The summed E-state index contributed by atoms with van der Waals surface area (Å²) in [4.78, 5) is 27.3. The van der Waals surface area contributed by atoms with E-state index in [2.05, 4.69) is 10.0 Å². The van der Waals surface area contributed by atoms with Crippen molar-refractivity contribution in [2.24, 2.45) is 11.0 Å². The Labute approximate surface area is 106 Å². The molecule has 0 aliphatic carbocycles. The lowest BCUT2D eigenvalue weighted by Gasteiger charge is -2.22. The Morgan fingerprint density at radius 1 is 1.61 bits per heavy atom. The van der Waals surface area contributed by atoms with Crippen LogP contribution in [0.4, 0.5) is 4.79 Å². The lowest BCUT2D eigenvalue weighted by molar-refractivity contribution is -0.129. The van der Waals surface area contributed by atoms with Gasteiger partial charge in [-0.25, -0.2) is 9.69 Å². The molecule has 2 amide bonds. The van der Waals surface area contributed by atoms with Crippen molar-refractivity contribution in [1.82, 2.24) is 4.90 Å². The molecule has 0 N–H and O–H groups in total. The number of carbonyl (C=O) groups excluding carboxylic acids is 2. The van der Waals surface area contributed by atoms with Crippen LogP contribution < -0.4 is 0 Å². The maximum Gasteiger partial charge on any atom is 0.416 e. The summed E-state index contributed by atoms with van der Waals surface area (Å²) in [5, 5.41) is 3.39. The third-order valence-electron chi connectivity index (χ3n) is 2.91. The average Bonchev–Trinajstić information content (AvgIpc) is 2.71. The number of nitrogens with zero attached hydrogens (tertiary/aromatic N) is 4. The molecular weight excluding hydrogens is 236 g/mol. The van der Waals surface area contributed by atoms with Crippen molar-refractivity contribution in [1.29, 1.82) is 0 Å². The van der Waals surface area contributed by atoms with Gasteiger partial charge in [0.15, 0.2) is 0 Å². The van der Waals surface area contributed by atoms with Crippen molar-refractivity contribution in [3.05, 3.63) is 10.4 Å². The second-order valence-electron chi connectivity index (χ2n) is 4.56. The number of unbranched alkanes of at least 4 members (excludes halogenated alkanes) is 1. The monoisotopic (exact) mass is 254 g/mol. The zero-order chi connectivity index (χ0) is 13.5. The van der Waals surface area contributed by atoms with Gasteiger partial charge in [0.25, 0.3) is 0 Å². The number of hydrogen-bond donors (Lipinski definition) is 0. The van der Waals surface area contributed by atoms with E-state index in [4.69, 9.17) is 10.3 Å². The quantitative estimate of drug-likeness (QED) is 0.315. The Bertz CT molecular complexity index is 363. The second-order valence-corrected chi connectivity index (χ2v) is 4.56. The highest BCUT2D eigenvalue weighted by atomic mass is 16.6. The van der Waals surface area contributed by atoms with Crippen LogP contribution in [0.1, 0.15) is 33.1 Å². The van der Waals surface area contributed by atoms with E-state index in [-0.39, 0.29) is 30.9 Å². The average molecular weight is 254 g/mol. The normalized spacial score (nSPS) is 18.7. The largest absolute Gasteiger partial charge is 0.447 e. The molecule has 0 aromatic rings. The number of imide groups is 1. The Balaban J connectivity index is 2.44. The van der Waals surface area contributed by atoms with Crippen molar-refractivity contribution < 1.29 is 14.3 Å². The Kier molecular flexibility index (Phi) is 5.45. The van der Waals surface area contributed by atoms with Gasteiger partial charge in [-0.3, -0.25) is 4.79 Å². The van der Waals surface area contributed by atoms with E-state index in [1.807, 2.05) is 13.8 Å². The number of azide groups is 1. The molecule has 18 heavy (non-hydrogen) atoms. The van der Waals surface area contributed by atoms with E-state index in [0.29, 0.717) is 19.4 Å². The van der Waals surface area contributed by atoms with E-state index in [1.54, 1.807) is 0 Å². The summed E-state index contributed by atoms with van der Waals surface area (Å²) in [6.07, 6.45) is 0.977. The number of ether oxygens (including phenoxy) is 1. The summed E-state index contributed by atoms with van der Waals surface area (Å²) in [5.74, 6) is -0.0271. The van der Waals surface area contributed by atoms with Crippen LogP contribution in [0.2, 0.25) is 0 Å². The number of carbonyl (C=O) groups is 2. The fourth-order valence-corrected chi connectivity index (χ4v) is 1.84. The predicted octanol–water partition coefficient (Wildman–Crippen LogP) is 2.47. The molecule has 0 aromatic carbocycles. The maximum absolute atomic E-state index is 11.9. The number of cyclic esters (lactones) is 1. The van der Waals surface area contributed by atoms with Gasteiger partial charge in [0.05, 0.1) is 6.04 Å². The summed E-state index contributed by atoms with van der Waals surface area (Å²) < 4.78 is 4.90. The summed E-state index contributed by atoms with van der Waals surface area (Å²) >= 11 is 0. The zero-order valence-electron chi connectivity index (χ0n) is 10.7. The van der Waals surface area contributed by atoms with Gasteiger partial charge in [0.1, 0.15) is 6.61 Å². The first-order chi connectivity index (χ1) is 8.57. The highest BCUT2D eigenvalue weighted by Crippen LogP contribution is 2.21. The number of rotatable bonds is 6. The van der Waals surface area contributed by atoms with Crippen molar-refractivity contribution in [2.75, 3.05) is 13.2 Å². The molecule has 1 aliphatic heterocycles. The Morgan fingerprint density at radius 3 is 2.94 bits per heavy atom. The molecule has 100 valence electrons. The molecule has 1 aliphatic rings. The topological polar surface area (TPSA) is 95.4 Å². The highest BCUT2D eigenvalue weighted by molar-refractivity contribution is 5.93. The molecule has 1 atom stereocenters. The van der Waals surface area contributed by atoms with Crippen LogP contribution in [-0.4, -0.2) is 36.1 Å². The van der Waals surface area contributed by atoms with Crippen LogP contribution in [0.15, 0.2) is 5.11 Å². The van der Waals surface area contributed by atoms with Crippen molar-refractivity contribution in [3.63, 3.8) is 0 Å². The first-order valence-corrected chi connectivity index (χ1v) is 6.07. The summed E-state index contributed by atoms with van der Waals surface area (Å²) in [7, 11) is 0. The highest BCUT2D eigenvalue weighted by Gasteiger charge is 2.38. The number of amides is 2. The molecule has 0 bridgehead atoms. The van der Waals surface area contributed by atoms with Gasteiger partial charge in [-0.1, -0.05) is 19.0 Å². The summed E-state index contributed by atoms with van der Waals surface area (Å²) in [6, 6.07) is -0.165. The molecule has 7 heteroatoms. The van der Waals surface area contributed by atoms with Gasteiger partial charge < -0.3 is 4.74 Å². The third-order valence-corrected chi connectivity index (χ3v) is 2.91. The Morgan fingerprint density at radius 2 is 2.33 bits per heavy atom. The molecular formula is C11H18N4O3. The third kappa shape index (κ3) is 3.63. The molecule has 1 saturated heterocycles. The van der Waals surface area contributed by atoms with Gasteiger partial charge >= 0.3 is 6.09 Å². The van der Waals surface area contributed by atoms with Gasteiger partial charge in [-0.2, -0.15) is 0 Å². The SMILES string of the molecule is CC(C)[C@@H]1COC(=O)N1C(=O)CCCCN=[N+]=[N-]. The van der Waals surface area contributed by atoms with Crippen LogP contribution in [-0.2, 0) is 9.53 Å². The van der Waals surface area contributed by atoms with E-state index in [9.17, 15) is 9.59 Å². The first kappa shape index (κ1) is 14.3. The fraction of sp³-hybridized carbons (Fsp3) is 0.818. The molecule has 0 spiro atoms. The van der Waals surface area contributed by atoms with E-state index in [1.165, 1.54) is 4.90 Å². The van der Waals surface area contributed by atoms with Crippen LogP contribution in [0.25, 0.3) is 10.4 Å². The van der Waals surface area contributed by atoms with E-state index < -0.39 is 6.09 Å². The molecule has 7 nitrogen and oxygen atoms in total. The molecule has 1 heterocycles. The molecule has 0 saturated carbocycles. The fourth-order valence-electron chi connectivity index (χ4n) is 1.84. The van der Waals surface area contributed by atoms with Gasteiger partial charge in [0, 0.05) is 17.9 Å². The first-order valence-electron chi connectivity index (χ1n) is 6.07. The van der Waals surface area contributed by atoms with E-state index >= 15 is 0 Å². The van der Waals surface area contributed by atoms with Crippen LogP contribution in [0, 0.1) is 5.92 Å². The molecule has 1 rings (SSSR count). The van der Waals surface area contributed by atoms with Gasteiger partial charge in [-0.05, 0) is 24.3 Å². The zero-order valence-corrected chi connectivity index (χ0v) is 10.7. The minimum absolute atomic E-state index is 0.165. The van der Waals surface area contributed by atoms with Crippen LogP contribution in [0.5, 0.6) is 0 Å². The second kappa shape index (κ2) is 6.86. The van der Waals surface area contributed by atoms with Gasteiger partial charge in [0.2, 0.25) is 5.91 Å². The van der Waals surface area contributed by atoms with Crippen molar-refractivity contribution in [3.8, 4) is 0 Å². The molecule has 0 unspecified atom stereocenters.